The summed E-state index contributed by atoms with van der Waals surface area (Å²) < 4.78 is 5.74. The summed E-state index contributed by atoms with van der Waals surface area (Å²) in [6.45, 7) is 1.46. The third-order valence-electron chi connectivity index (χ3n) is 4.00. The number of rotatable bonds is 5. The molecule has 0 aromatic heterocycles. The zero-order chi connectivity index (χ0) is 15.9. The Balaban J connectivity index is 1.51. The molecule has 0 radical (unpaired) electrons. The maximum atomic E-state index is 12.2. The lowest BCUT2D eigenvalue weighted by atomic mass is 10.0. The second-order valence-electron chi connectivity index (χ2n) is 5.79. The summed E-state index contributed by atoms with van der Waals surface area (Å²) in [7, 11) is 0. The maximum Gasteiger partial charge on any atom is 0.241 e. The third kappa shape index (κ3) is 4.57. The average molecular weight is 310 g/mol. The first-order valence-corrected chi connectivity index (χ1v) is 8.12. The molecule has 1 aliphatic heterocycles. The fourth-order valence-electron chi connectivity index (χ4n) is 2.68. The van der Waals surface area contributed by atoms with Crippen molar-refractivity contribution in [2.75, 3.05) is 11.9 Å². The Morgan fingerprint density at radius 1 is 1.09 bits per heavy atom. The Hall–Kier alpha value is -2.33. The minimum Gasteiger partial charge on any atom is -0.489 e. The molecule has 1 heterocycles. The van der Waals surface area contributed by atoms with E-state index < -0.39 is 0 Å². The van der Waals surface area contributed by atoms with Gasteiger partial charge in [-0.1, -0.05) is 36.8 Å². The Bertz CT molecular complexity index is 620. The van der Waals surface area contributed by atoms with Gasteiger partial charge in [0.1, 0.15) is 12.4 Å². The molecule has 2 aromatic rings. The van der Waals surface area contributed by atoms with Gasteiger partial charge in [0.15, 0.2) is 0 Å². The first-order valence-electron chi connectivity index (χ1n) is 8.12. The van der Waals surface area contributed by atoms with Crippen LogP contribution in [0.5, 0.6) is 5.75 Å². The van der Waals surface area contributed by atoms with E-state index in [4.69, 9.17) is 4.74 Å². The summed E-state index contributed by atoms with van der Waals surface area (Å²) >= 11 is 0. The molecule has 0 spiro atoms. The highest BCUT2D eigenvalue weighted by molar-refractivity contribution is 5.94. The molecule has 0 saturated carbocycles. The summed E-state index contributed by atoms with van der Waals surface area (Å²) in [4.78, 5) is 12.2. The first-order chi connectivity index (χ1) is 11.3. The van der Waals surface area contributed by atoms with Crippen LogP contribution in [0.2, 0.25) is 0 Å². The van der Waals surface area contributed by atoms with Gasteiger partial charge in [-0.15, -0.1) is 0 Å². The van der Waals surface area contributed by atoms with Crippen LogP contribution in [0.3, 0.4) is 0 Å². The second kappa shape index (κ2) is 7.79. The largest absolute Gasteiger partial charge is 0.489 e. The topological polar surface area (TPSA) is 50.4 Å². The highest BCUT2D eigenvalue weighted by Gasteiger charge is 2.20. The van der Waals surface area contributed by atoms with Gasteiger partial charge < -0.3 is 15.4 Å². The van der Waals surface area contributed by atoms with Crippen LogP contribution in [0.1, 0.15) is 24.8 Å². The normalized spacial score (nSPS) is 17.5. The summed E-state index contributed by atoms with van der Waals surface area (Å²) in [6, 6.07) is 17.5. The molecule has 0 aliphatic carbocycles. The van der Waals surface area contributed by atoms with E-state index in [1.165, 1.54) is 0 Å². The van der Waals surface area contributed by atoms with Crippen molar-refractivity contribution >= 4 is 11.6 Å². The Labute approximate surface area is 136 Å². The standard InChI is InChI=1S/C19H22N2O2/c22-19(18-8-4-5-13-20-18)21-16-9-11-17(12-10-16)23-14-15-6-2-1-3-7-15/h1-3,6-7,9-12,18,20H,4-5,8,13-14H2,(H,21,22). The number of nitrogens with one attached hydrogen (secondary N) is 2. The van der Waals surface area contributed by atoms with E-state index >= 15 is 0 Å². The van der Waals surface area contributed by atoms with Crippen LogP contribution in [0.25, 0.3) is 0 Å². The van der Waals surface area contributed by atoms with Crippen molar-refractivity contribution < 1.29 is 9.53 Å². The zero-order valence-corrected chi connectivity index (χ0v) is 13.1. The fraction of sp³-hybridized carbons (Fsp3) is 0.316. The van der Waals surface area contributed by atoms with Crippen LogP contribution in [0, 0.1) is 0 Å². The molecule has 2 N–H and O–H groups in total. The summed E-state index contributed by atoms with van der Waals surface area (Å²) in [5, 5.41) is 6.21. The van der Waals surface area contributed by atoms with Gasteiger partial charge in [-0.25, -0.2) is 0 Å². The molecule has 1 unspecified atom stereocenters. The van der Waals surface area contributed by atoms with Crippen molar-refractivity contribution in [2.24, 2.45) is 0 Å². The quantitative estimate of drug-likeness (QED) is 0.890. The van der Waals surface area contributed by atoms with Gasteiger partial charge in [0, 0.05) is 5.69 Å². The summed E-state index contributed by atoms with van der Waals surface area (Å²) in [6.07, 6.45) is 3.17. The Kier molecular flexibility index (Phi) is 5.27. The average Bonchev–Trinajstić information content (AvgIpc) is 2.63. The lowest BCUT2D eigenvalue weighted by Crippen LogP contribution is -2.43. The zero-order valence-electron chi connectivity index (χ0n) is 13.1. The van der Waals surface area contributed by atoms with Crippen molar-refractivity contribution in [1.29, 1.82) is 0 Å². The van der Waals surface area contributed by atoms with Gasteiger partial charge in [0.05, 0.1) is 6.04 Å². The highest BCUT2D eigenvalue weighted by Crippen LogP contribution is 2.18. The number of hydrogen-bond donors (Lipinski definition) is 2. The number of piperidine rings is 1. The highest BCUT2D eigenvalue weighted by atomic mass is 16.5. The first kappa shape index (κ1) is 15.6. The van der Waals surface area contributed by atoms with Crippen LogP contribution < -0.4 is 15.4 Å². The molecule has 23 heavy (non-hydrogen) atoms. The molecule has 1 saturated heterocycles. The third-order valence-corrected chi connectivity index (χ3v) is 4.00. The van der Waals surface area contributed by atoms with Crippen LogP contribution in [0.4, 0.5) is 5.69 Å². The van der Waals surface area contributed by atoms with Gasteiger partial charge >= 0.3 is 0 Å². The summed E-state index contributed by atoms with van der Waals surface area (Å²) in [5.41, 5.74) is 1.93. The van der Waals surface area contributed by atoms with Crippen molar-refractivity contribution in [1.82, 2.24) is 5.32 Å². The van der Waals surface area contributed by atoms with E-state index in [2.05, 4.69) is 10.6 Å². The molecule has 2 aromatic carbocycles. The Morgan fingerprint density at radius 3 is 2.57 bits per heavy atom. The van der Waals surface area contributed by atoms with E-state index in [9.17, 15) is 4.79 Å². The molecular formula is C19H22N2O2. The van der Waals surface area contributed by atoms with E-state index in [1.807, 2.05) is 54.6 Å². The van der Waals surface area contributed by atoms with Crippen molar-refractivity contribution in [3.8, 4) is 5.75 Å². The van der Waals surface area contributed by atoms with Crippen LogP contribution in [0.15, 0.2) is 54.6 Å². The SMILES string of the molecule is O=C(Nc1ccc(OCc2ccccc2)cc1)C1CCCCN1. The predicted molar refractivity (Wildman–Crippen MR) is 91.5 cm³/mol. The molecule has 1 amide bonds. The van der Waals surface area contributed by atoms with Gasteiger partial charge in [-0.2, -0.15) is 0 Å². The molecule has 1 atom stereocenters. The van der Waals surface area contributed by atoms with Crippen LogP contribution in [-0.4, -0.2) is 18.5 Å². The van der Waals surface area contributed by atoms with Gasteiger partial charge in [-0.3, -0.25) is 4.79 Å². The lowest BCUT2D eigenvalue weighted by Gasteiger charge is -2.22. The predicted octanol–water partition coefficient (Wildman–Crippen LogP) is 3.35. The van der Waals surface area contributed by atoms with Crippen molar-refractivity contribution in [3.05, 3.63) is 60.2 Å². The van der Waals surface area contributed by atoms with Crippen LogP contribution >= 0.6 is 0 Å². The van der Waals surface area contributed by atoms with Crippen LogP contribution in [-0.2, 0) is 11.4 Å². The molecular weight excluding hydrogens is 288 g/mol. The monoisotopic (exact) mass is 310 g/mol. The number of hydrogen-bond acceptors (Lipinski definition) is 3. The van der Waals surface area contributed by atoms with E-state index in [0.29, 0.717) is 6.61 Å². The number of carbonyl (C=O) groups excluding carboxylic acids is 1. The number of ether oxygens (including phenoxy) is 1. The molecule has 4 nitrogen and oxygen atoms in total. The van der Waals surface area contributed by atoms with Gasteiger partial charge in [-0.05, 0) is 49.2 Å². The van der Waals surface area contributed by atoms with Gasteiger partial charge in [0.2, 0.25) is 5.91 Å². The molecule has 4 heteroatoms. The van der Waals surface area contributed by atoms with Crippen molar-refractivity contribution in [2.45, 2.75) is 31.9 Å². The molecule has 1 fully saturated rings. The molecule has 120 valence electrons. The molecule has 3 rings (SSSR count). The Morgan fingerprint density at radius 2 is 1.87 bits per heavy atom. The van der Waals surface area contributed by atoms with E-state index in [0.717, 1.165) is 42.8 Å². The van der Waals surface area contributed by atoms with E-state index in [1.54, 1.807) is 0 Å². The number of anilines is 1. The number of amides is 1. The lowest BCUT2D eigenvalue weighted by molar-refractivity contribution is -0.118. The second-order valence-corrected chi connectivity index (χ2v) is 5.79. The fourth-order valence-corrected chi connectivity index (χ4v) is 2.68. The maximum absolute atomic E-state index is 12.2. The molecule has 1 aliphatic rings. The number of benzene rings is 2. The summed E-state index contributed by atoms with van der Waals surface area (Å²) in [5.74, 6) is 0.838. The minimum absolute atomic E-state index is 0.0441. The van der Waals surface area contributed by atoms with E-state index in [-0.39, 0.29) is 11.9 Å². The molecule has 0 bridgehead atoms. The number of carbonyl (C=O) groups is 1. The van der Waals surface area contributed by atoms with Gasteiger partial charge in [0.25, 0.3) is 0 Å². The minimum atomic E-state index is -0.0715. The van der Waals surface area contributed by atoms with Crippen molar-refractivity contribution in [3.63, 3.8) is 0 Å². The smallest absolute Gasteiger partial charge is 0.241 e.